The van der Waals surface area contributed by atoms with Crippen molar-refractivity contribution in [2.45, 2.75) is 37.8 Å². The zero-order valence-electron chi connectivity index (χ0n) is 9.40. The Hall–Kier alpha value is 0.270. The molecule has 3 heteroatoms. The smallest absolute Gasteiger partial charge is 0.0186 e. The van der Waals surface area contributed by atoms with Crippen molar-refractivity contribution in [1.29, 1.82) is 0 Å². The number of piperidine rings is 1. The molecule has 2 bridgehead atoms. The SMILES string of the molecule is NC1[C@@H]2CC[C@H]1CN([C@@H]1CCCSC1)C2. The molecular formula is C12H22N2S. The lowest BCUT2D eigenvalue weighted by molar-refractivity contribution is 0.105. The van der Waals surface area contributed by atoms with Gasteiger partial charge in [-0.15, -0.1) is 0 Å². The lowest BCUT2D eigenvalue weighted by atomic mass is 9.91. The Kier molecular flexibility index (Phi) is 2.97. The normalized spacial score (nSPS) is 47.0. The summed E-state index contributed by atoms with van der Waals surface area (Å²) in [6.45, 7) is 2.59. The van der Waals surface area contributed by atoms with Gasteiger partial charge in [0.15, 0.2) is 0 Å². The number of rotatable bonds is 1. The highest BCUT2D eigenvalue weighted by Crippen LogP contribution is 2.37. The van der Waals surface area contributed by atoms with Crippen molar-refractivity contribution in [2.75, 3.05) is 24.6 Å². The van der Waals surface area contributed by atoms with Gasteiger partial charge in [0.25, 0.3) is 0 Å². The summed E-state index contributed by atoms with van der Waals surface area (Å²) >= 11 is 2.15. The van der Waals surface area contributed by atoms with Gasteiger partial charge in [-0.05, 0) is 43.3 Å². The van der Waals surface area contributed by atoms with E-state index < -0.39 is 0 Å². The van der Waals surface area contributed by atoms with Crippen LogP contribution in [0.5, 0.6) is 0 Å². The van der Waals surface area contributed by atoms with Gasteiger partial charge in [-0.3, -0.25) is 4.90 Å². The van der Waals surface area contributed by atoms with Gasteiger partial charge in [-0.25, -0.2) is 0 Å². The van der Waals surface area contributed by atoms with E-state index >= 15 is 0 Å². The minimum absolute atomic E-state index is 0.525. The quantitative estimate of drug-likeness (QED) is 0.735. The average Bonchev–Trinajstić information content (AvgIpc) is 2.54. The molecule has 1 aliphatic carbocycles. The van der Waals surface area contributed by atoms with Gasteiger partial charge in [0, 0.05) is 30.9 Å². The second-order valence-electron chi connectivity index (χ2n) is 5.50. The third-order valence-electron chi connectivity index (χ3n) is 4.59. The van der Waals surface area contributed by atoms with E-state index in [0.29, 0.717) is 6.04 Å². The molecule has 2 heterocycles. The molecule has 3 rings (SSSR count). The highest BCUT2D eigenvalue weighted by molar-refractivity contribution is 7.99. The number of thioether (sulfide) groups is 1. The summed E-state index contributed by atoms with van der Waals surface area (Å²) in [5.41, 5.74) is 6.24. The molecule has 2 nitrogen and oxygen atoms in total. The van der Waals surface area contributed by atoms with Crippen LogP contribution in [0.15, 0.2) is 0 Å². The lowest BCUT2D eigenvalue weighted by Crippen LogP contribution is -2.53. The van der Waals surface area contributed by atoms with Gasteiger partial charge in [0.1, 0.15) is 0 Å². The topological polar surface area (TPSA) is 29.3 Å². The first-order valence-electron chi connectivity index (χ1n) is 6.42. The molecule has 4 atom stereocenters. The number of fused-ring (bicyclic) bond motifs is 2. The summed E-state index contributed by atoms with van der Waals surface area (Å²) in [5, 5.41) is 0. The van der Waals surface area contributed by atoms with Crippen LogP contribution in [-0.2, 0) is 0 Å². The molecule has 15 heavy (non-hydrogen) atoms. The maximum atomic E-state index is 6.24. The van der Waals surface area contributed by atoms with Crippen molar-refractivity contribution >= 4 is 11.8 Å². The Morgan fingerprint density at radius 2 is 1.80 bits per heavy atom. The van der Waals surface area contributed by atoms with Crippen LogP contribution in [0, 0.1) is 11.8 Å². The van der Waals surface area contributed by atoms with Crippen LogP contribution in [0.4, 0.5) is 0 Å². The first-order valence-corrected chi connectivity index (χ1v) is 7.57. The highest BCUT2D eigenvalue weighted by Gasteiger charge is 2.41. The molecule has 2 N–H and O–H groups in total. The number of nitrogens with zero attached hydrogens (tertiary/aromatic N) is 1. The number of hydrogen-bond donors (Lipinski definition) is 1. The van der Waals surface area contributed by atoms with Gasteiger partial charge >= 0.3 is 0 Å². The van der Waals surface area contributed by atoms with Gasteiger partial charge < -0.3 is 5.73 Å². The largest absolute Gasteiger partial charge is 0.327 e. The van der Waals surface area contributed by atoms with Crippen LogP contribution in [0.2, 0.25) is 0 Å². The van der Waals surface area contributed by atoms with Gasteiger partial charge in [0.2, 0.25) is 0 Å². The van der Waals surface area contributed by atoms with E-state index in [4.69, 9.17) is 5.73 Å². The molecule has 0 aromatic rings. The zero-order chi connectivity index (χ0) is 10.3. The molecule has 3 fully saturated rings. The molecule has 1 unspecified atom stereocenters. The summed E-state index contributed by atoms with van der Waals surface area (Å²) in [5.74, 6) is 4.39. The Labute approximate surface area is 97.0 Å². The van der Waals surface area contributed by atoms with E-state index in [2.05, 4.69) is 16.7 Å². The van der Waals surface area contributed by atoms with Crippen LogP contribution in [0.1, 0.15) is 25.7 Å². The summed E-state index contributed by atoms with van der Waals surface area (Å²) in [4.78, 5) is 2.76. The summed E-state index contributed by atoms with van der Waals surface area (Å²) in [7, 11) is 0. The van der Waals surface area contributed by atoms with Crippen LogP contribution in [0.3, 0.4) is 0 Å². The van der Waals surface area contributed by atoms with E-state index in [-0.39, 0.29) is 0 Å². The zero-order valence-corrected chi connectivity index (χ0v) is 10.2. The second kappa shape index (κ2) is 4.27. The summed E-state index contributed by atoms with van der Waals surface area (Å²) in [6, 6.07) is 1.40. The van der Waals surface area contributed by atoms with Crippen molar-refractivity contribution in [2.24, 2.45) is 17.6 Å². The van der Waals surface area contributed by atoms with E-state index in [1.165, 1.54) is 50.3 Å². The fraction of sp³-hybridized carbons (Fsp3) is 1.00. The Balaban J connectivity index is 1.64. The van der Waals surface area contributed by atoms with Crippen molar-refractivity contribution in [3.05, 3.63) is 0 Å². The molecule has 0 aromatic heterocycles. The molecule has 3 aliphatic rings. The van der Waals surface area contributed by atoms with Crippen LogP contribution < -0.4 is 5.73 Å². The van der Waals surface area contributed by atoms with Crippen LogP contribution >= 0.6 is 11.8 Å². The molecule has 2 aliphatic heterocycles. The monoisotopic (exact) mass is 226 g/mol. The van der Waals surface area contributed by atoms with Crippen molar-refractivity contribution < 1.29 is 0 Å². The van der Waals surface area contributed by atoms with Crippen LogP contribution in [0.25, 0.3) is 0 Å². The predicted molar refractivity (Wildman–Crippen MR) is 66.1 cm³/mol. The van der Waals surface area contributed by atoms with E-state index in [9.17, 15) is 0 Å². The summed E-state index contributed by atoms with van der Waals surface area (Å²) < 4.78 is 0. The lowest BCUT2D eigenvalue weighted by Gasteiger charge is -2.42. The molecule has 86 valence electrons. The number of hydrogen-bond acceptors (Lipinski definition) is 3. The van der Waals surface area contributed by atoms with Crippen LogP contribution in [-0.4, -0.2) is 41.6 Å². The standard InChI is InChI=1S/C12H22N2S/c13-12-9-3-4-10(12)7-14(6-9)11-2-1-5-15-8-11/h9-12H,1-8,13H2/t9-,10+,11-,12?/m1/s1. The summed E-state index contributed by atoms with van der Waals surface area (Å²) in [6.07, 6.45) is 5.64. The van der Waals surface area contributed by atoms with Gasteiger partial charge in [0.05, 0.1) is 0 Å². The van der Waals surface area contributed by atoms with Crippen molar-refractivity contribution in [1.82, 2.24) is 4.90 Å². The Morgan fingerprint density at radius 1 is 1.07 bits per heavy atom. The molecule has 0 amide bonds. The second-order valence-corrected chi connectivity index (χ2v) is 6.65. The van der Waals surface area contributed by atoms with E-state index in [1.807, 2.05) is 0 Å². The van der Waals surface area contributed by atoms with E-state index in [1.54, 1.807) is 0 Å². The van der Waals surface area contributed by atoms with E-state index in [0.717, 1.165) is 17.9 Å². The minimum atomic E-state index is 0.525. The average molecular weight is 226 g/mol. The maximum Gasteiger partial charge on any atom is 0.0186 e. The minimum Gasteiger partial charge on any atom is -0.327 e. The first kappa shape index (κ1) is 10.4. The molecule has 1 saturated carbocycles. The fourth-order valence-electron chi connectivity index (χ4n) is 3.61. The first-order chi connectivity index (χ1) is 7.34. The fourth-order valence-corrected chi connectivity index (χ4v) is 4.80. The van der Waals surface area contributed by atoms with Gasteiger partial charge in [-0.1, -0.05) is 0 Å². The number of nitrogens with two attached hydrogens (primary N) is 1. The highest BCUT2D eigenvalue weighted by atomic mass is 32.2. The maximum absolute atomic E-state index is 6.24. The van der Waals surface area contributed by atoms with Crippen molar-refractivity contribution in [3.8, 4) is 0 Å². The van der Waals surface area contributed by atoms with Gasteiger partial charge in [-0.2, -0.15) is 11.8 Å². The Morgan fingerprint density at radius 3 is 2.40 bits per heavy atom. The molecule has 0 radical (unpaired) electrons. The molecule has 0 spiro atoms. The third-order valence-corrected chi connectivity index (χ3v) is 5.79. The number of likely N-dealkylation sites (tertiary alicyclic amines) is 1. The molecular weight excluding hydrogens is 204 g/mol. The molecule has 2 saturated heterocycles. The molecule has 0 aromatic carbocycles. The van der Waals surface area contributed by atoms with Crippen molar-refractivity contribution in [3.63, 3.8) is 0 Å². The predicted octanol–water partition coefficient (Wildman–Crippen LogP) is 1.55. The Bertz CT molecular complexity index is 214. The third kappa shape index (κ3) is 1.94.